The minimum absolute atomic E-state index is 0. The number of rotatable bonds is 4. The molecule has 1 saturated carbocycles. The molecule has 2 atom stereocenters. The van der Waals surface area contributed by atoms with Crippen LogP contribution in [0.4, 0.5) is 13.2 Å². The number of hydrogen-bond acceptors (Lipinski definition) is 4. The van der Waals surface area contributed by atoms with Crippen LogP contribution in [0.2, 0.25) is 0 Å². The minimum Gasteiger partial charge on any atom is -0.330 e. The lowest BCUT2D eigenvalue weighted by Crippen LogP contribution is -2.44. The number of alkyl halides is 3. The number of nitrogens with two attached hydrogens (primary N) is 1. The van der Waals surface area contributed by atoms with E-state index >= 15 is 0 Å². The van der Waals surface area contributed by atoms with Crippen LogP contribution >= 0.6 is 12.4 Å². The fraction of sp³-hybridized carbons (Fsp3) is 0.533. The molecule has 0 radical (unpaired) electrons. The smallest absolute Gasteiger partial charge is 0.330 e. The summed E-state index contributed by atoms with van der Waals surface area (Å²) in [5.74, 6) is -0.0333. The third-order valence-corrected chi connectivity index (χ3v) is 5.73. The summed E-state index contributed by atoms with van der Waals surface area (Å²) in [7, 11) is -4.13. The maximum absolute atomic E-state index is 13.0. The zero-order chi connectivity index (χ0) is 18.0. The molecule has 25 heavy (non-hydrogen) atoms. The van der Waals surface area contributed by atoms with Gasteiger partial charge in [0.25, 0.3) is 0 Å². The van der Waals surface area contributed by atoms with Crippen LogP contribution in [-0.2, 0) is 16.2 Å². The first-order valence-electron chi connectivity index (χ1n) is 7.53. The van der Waals surface area contributed by atoms with Crippen LogP contribution in [-0.4, -0.2) is 21.0 Å². The van der Waals surface area contributed by atoms with Crippen molar-refractivity contribution < 1.29 is 21.6 Å². The summed E-state index contributed by atoms with van der Waals surface area (Å²) in [4.78, 5) is -0.504. The highest BCUT2D eigenvalue weighted by molar-refractivity contribution is 7.89. The van der Waals surface area contributed by atoms with E-state index in [0.29, 0.717) is 19.0 Å². The molecule has 10 heteroatoms. The molecule has 0 aliphatic heterocycles. The molecule has 0 spiro atoms. The lowest BCUT2D eigenvalue weighted by molar-refractivity contribution is -0.137. The van der Waals surface area contributed by atoms with Gasteiger partial charge in [0.05, 0.1) is 22.1 Å². The van der Waals surface area contributed by atoms with Crippen molar-refractivity contribution in [1.29, 1.82) is 5.26 Å². The molecule has 0 saturated heterocycles. The van der Waals surface area contributed by atoms with Crippen LogP contribution in [0.1, 0.15) is 36.8 Å². The maximum Gasteiger partial charge on any atom is 0.417 e. The van der Waals surface area contributed by atoms with E-state index in [1.54, 1.807) is 0 Å². The Hall–Kier alpha value is -1.34. The van der Waals surface area contributed by atoms with Crippen LogP contribution in [0.15, 0.2) is 23.1 Å². The minimum atomic E-state index is -4.80. The summed E-state index contributed by atoms with van der Waals surface area (Å²) in [6.07, 6.45) is -1.63. The van der Waals surface area contributed by atoms with E-state index < -0.39 is 38.3 Å². The molecular formula is C15H19ClF3N3O2S. The van der Waals surface area contributed by atoms with Crippen molar-refractivity contribution in [3.05, 3.63) is 29.3 Å². The van der Waals surface area contributed by atoms with Crippen molar-refractivity contribution in [2.45, 2.75) is 42.8 Å². The van der Waals surface area contributed by atoms with Crippen molar-refractivity contribution in [3.63, 3.8) is 0 Å². The molecule has 5 nitrogen and oxygen atoms in total. The first kappa shape index (κ1) is 21.7. The van der Waals surface area contributed by atoms with Gasteiger partial charge in [0.15, 0.2) is 0 Å². The van der Waals surface area contributed by atoms with Gasteiger partial charge in [-0.25, -0.2) is 13.1 Å². The van der Waals surface area contributed by atoms with Crippen molar-refractivity contribution in [2.24, 2.45) is 11.7 Å². The standard InChI is InChI=1S/C15H18F3N3O2S.ClH/c16-15(17,18)13-7-12(6-5-10(13)8-19)24(22,23)21-14-4-2-1-3-11(14)9-20;/h5-7,11,14,21H,1-4,9,20H2;1H. The molecule has 1 aliphatic carbocycles. The number of nitrogens with zero attached hydrogens (tertiary/aromatic N) is 1. The fourth-order valence-electron chi connectivity index (χ4n) is 2.93. The number of benzene rings is 1. The first-order chi connectivity index (χ1) is 11.2. The summed E-state index contributed by atoms with van der Waals surface area (Å²) >= 11 is 0. The Balaban J connectivity index is 0.00000312. The Morgan fingerprint density at radius 3 is 2.48 bits per heavy atom. The third-order valence-electron chi connectivity index (χ3n) is 4.25. The third kappa shape index (κ3) is 5.07. The SMILES string of the molecule is Cl.N#Cc1ccc(S(=O)(=O)NC2CCCCC2CN)cc1C(F)(F)F. The molecule has 2 unspecified atom stereocenters. The summed E-state index contributed by atoms with van der Waals surface area (Å²) in [5, 5.41) is 8.77. The second-order valence-corrected chi connectivity index (χ2v) is 7.54. The van der Waals surface area contributed by atoms with Gasteiger partial charge in [-0.1, -0.05) is 12.8 Å². The van der Waals surface area contributed by atoms with Crippen molar-refractivity contribution in [3.8, 4) is 6.07 Å². The highest BCUT2D eigenvalue weighted by Crippen LogP contribution is 2.33. The summed E-state index contributed by atoms with van der Waals surface area (Å²) in [6.45, 7) is 0.314. The summed E-state index contributed by atoms with van der Waals surface area (Å²) < 4.78 is 66.3. The average molecular weight is 398 g/mol. The molecule has 0 heterocycles. The van der Waals surface area contributed by atoms with Gasteiger partial charge in [0, 0.05) is 6.04 Å². The van der Waals surface area contributed by atoms with Crippen molar-refractivity contribution in [1.82, 2.24) is 4.72 Å². The van der Waals surface area contributed by atoms with E-state index in [4.69, 9.17) is 11.0 Å². The number of nitriles is 1. The van der Waals surface area contributed by atoms with E-state index in [9.17, 15) is 21.6 Å². The van der Waals surface area contributed by atoms with Crippen molar-refractivity contribution >= 4 is 22.4 Å². The molecule has 3 N–H and O–H groups in total. The molecule has 1 fully saturated rings. The van der Waals surface area contributed by atoms with E-state index in [1.165, 1.54) is 6.07 Å². The fourth-order valence-corrected chi connectivity index (χ4v) is 4.30. The Morgan fingerprint density at radius 2 is 1.92 bits per heavy atom. The number of halogens is 4. The van der Waals surface area contributed by atoms with E-state index in [-0.39, 0.29) is 18.3 Å². The van der Waals surface area contributed by atoms with Gasteiger partial charge in [-0.2, -0.15) is 18.4 Å². The first-order valence-corrected chi connectivity index (χ1v) is 9.01. The van der Waals surface area contributed by atoms with Gasteiger partial charge < -0.3 is 5.73 Å². The largest absolute Gasteiger partial charge is 0.417 e. The lowest BCUT2D eigenvalue weighted by Gasteiger charge is -2.31. The summed E-state index contributed by atoms with van der Waals surface area (Å²) in [6, 6.07) is 3.42. The van der Waals surface area contributed by atoms with Crippen LogP contribution in [0.25, 0.3) is 0 Å². The Kier molecular flexibility index (Phi) is 7.26. The zero-order valence-corrected chi connectivity index (χ0v) is 14.8. The topological polar surface area (TPSA) is 96.0 Å². The number of nitrogens with one attached hydrogen (secondary N) is 1. The monoisotopic (exact) mass is 397 g/mol. The average Bonchev–Trinajstić information content (AvgIpc) is 2.53. The molecule has 1 aromatic carbocycles. The number of hydrogen-bond donors (Lipinski definition) is 2. The van der Waals surface area contributed by atoms with E-state index in [2.05, 4.69) is 4.72 Å². The second-order valence-electron chi connectivity index (χ2n) is 5.82. The van der Waals surface area contributed by atoms with E-state index in [1.807, 2.05) is 0 Å². The van der Waals surface area contributed by atoms with Crippen molar-refractivity contribution in [2.75, 3.05) is 6.54 Å². The zero-order valence-electron chi connectivity index (χ0n) is 13.2. The molecule has 0 aromatic heterocycles. The predicted octanol–water partition coefficient (Wildman–Crippen LogP) is 2.79. The van der Waals surface area contributed by atoms with Gasteiger partial charge in [-0.15, -0.1) is 12.4 Å². The van der Waals surface area contributed by atoms with Crippen LogP contribution in [0, 0.1) is 17.2 Å². The Bertz CT molecular complexity index is 747. The molecule has 1 aromatic rings. The lowest BCUT2D eigenvalue weighted by atomic mass is 9.85. The van der Waals surface area contributed by atoms with Crippen LogP contribution < -0.4 is 10.5 Å². The maximum atomic E-state index is 13.0. The molecule has 0 bridgehead atoms. The van der Waals surface area contributed by atoms with Gasteiger partial charge in [0.1, 0.15) is 0 Å². The Morgan fingerprint density at radius 1 is 1.28 bits per heavy atom. The Labute approximate surface area is 150 Å². The van der Waals surface area contributed by atoms with E-state index in [0.717, 1.165) is 31.4 Å². The molecule has 140 valence electrons. The molecule has 0 amide bonds. The molecular weight excluding hydrogens is 379 g/mol. The number of sulfonamides is 1. The van der Waals surface area contributed by atoms with Gasteiger partial charge in [0.2, 0.25) is 10.0 Å². The molecule has 1 aliphatic rings. The predicted molar refractivity (Wildman–Crippen MR) is 88.5 cm³/mol. The van der Waals surface area contributed by atoms with Crippen LogP contribution in [0.3, 0.4) is 0 Å². The normalized spacial score (nSPS) is 21.2. The second kappa shape index (κ2) is 8.36. The van der Waals surface area contributed by atoms with Crippen LogP contribution in [0.5, 0.6) is 0 Å². The molecule has 2 rings (SSSR count). The summed E-state index contributed by atoms with van der Waals surface area (Å²) in [5.41, 5.74) is 3.78. The highest BCUT2D eigenvalue weighted by Gasteiger charge is 2.36. The van der Waals surface area contributed by atoms with Gasteiger partial charge in [-0.3, -0.25) is 0 Å². The quantitative estimate of drug-likeness (QED) is 0.816. The highest BCUT2D eigenvalue weighted by atomic mass is 35.5. The van der Waals surface area contributed by atoms with Gasteiger partial charge in [-0.05, 0) is 43.5 Å². The van der Waals surface area contributed by atoms with Gasteiger partial charge >= 0.3 is 6.18 Å².